The number of nitrogens with zero attached hydrogens (tertiary/aromatic N) is 2. The van der Waals surface area contributed by atoms with Crippen molar-refractivity contribution in [1.82, 2.24) is 10.2 Å². The van der Waals surface area contributed by atoms with E-state index in [1.54, 1.807) is 18.2 Å². The average Bonchev–Trinajstić information content (AvgIpc) is 2.63. The third kappa shape index (κ3) is 5.77. The normalized spacial score (nSPS) is 11.0. The fourth-order valence-electron chi connectivity index (χ4n) is 2.24. The van der Waals surface area contributed by atoms with Gasteiger partial charge >= 0.3 is 0 Å². The lowest BCUT2D eigenvalue weighted by molar-refractivity contribution is -0.384. The third-order valence-electron chi connectivity index (χ3n) is 4.11. The van der Waals surface area contributed by atoms with Gasteiger partial charge < -0.3 is 10.2 Å². The fraction of sp³-hybridized carbons (Fsp3) is 0.316. The number of nitro groups is 1. The lowest BCUT2D eigenvalue weighted by atomic mass is 10.2. The minimum absolute atomic E-state index is 0.157. The van der Waals surface area contributed by atoms with Crippen LogP contribution in [0.1, 0.15) is 24.2 Å². The van der Waals surface area contributed by atoms with E-state index in [0.717, 1.165) is 11.8 Å². The first-order valence-corrected chi connectivity index (χ1v) is 9.30. The molecular formula is C19H22FN3O3S. The smallest absolute Gasteiger partial charge is 0.270 e. The van der Waals surface area contributed by atoms with Gasteiger partial charge in [0, 0.05) is 41.1 Å². The van der Waals surface area contributed by atoms with Crippen molar-refractivity contribution >= 4 is 23.4 Å². The Hall–Kier alpha value is -2.45. The zero-order valence-corrected chi connectivity index (χ0v) is 16.3. The van der Waals surface area contributed by atoms with Crippen LogP contribution in [-0.4, -0.2) is 41.9 Å². The summed E-state index contributed by atoms with van der Waals surface area (Å²) in [6.45, 7) is 5.14. The van der Waals surface area contributed by atoms with Gasteiger partial charge in [-0.1, -0.05) is 23.9 Å². The standard InChI is InChI=1S/C19H22FN3O3S/c1-13(2)22(3)11-10-21-19(24)15-12-14(23(25)26)8-9-17(15)27-18-7-5-4-6-16(18)20/h4-9,12-13H,10-11H2,1-3H3,(H,21,24). The summed E-state index contributed by atoms with van der Waals surface area (Å²) in [4.78, 5) is 26.0. The number of nitrogens with one attached hydrogen (secondary N) is 1. The number of amides is 1. The molecule has 0 fully saturated rings. The van der Waals surface area contributed by atoms with Crippen LogP contribution in [0.4, 0.5) is 10.1 Å². The fourth-order valence-corrected chi connectivity index (χ4v) is 3.19. The summed E-state index contributed by atoms with van der Waals surface area (Å²) >= 11 is 1.07. The largest absolute Gasteiger partial charge is 0.351 e. The quantitative estimate of drug-likeness (QED) is 0.545. The molecule has 0 radical (unpaired) electrons. The molecule has 8 heteroatoms. The Kier molecular flexibility index (Phi) is 7.32. The number of benzene rings is 2. The van der Waals surface area contributed by atoms with E-state index in [-0.39, 0.29) is 11.3 Å². The van der Waals surface area contributed by atoms with Crippen molar-refractivity contribution < 1.29 is 14.1 Å². The van der Waals surface area contributed by atoms with Crippen molar-refractivity contribution in [1.29, 1.82) is 0 Å². The highest BCUT2D eigenvalue weighted by Gasteiger charge is 2.18. The number of hydrogen-bond acceptors (Lipinski definition) is 5. The van der Waals surface area contributed by atoms with Crippen molar-refractivity contribution in [2.75, 3.05) is 20.1 Å². The van der Waals surface area contributed by atoms with E-state index in [1.165, 1.54) is 24.3 Å². The molecule has 27 heavy (non-hydrogen) atoms. The van der Waals surface area contributed by atoms with Gasteiger partial charge in [-0.15, -0.1) is 0 Å². The summed E-state index contributed by atoms with van der Waals surface area (Å²) in [5, 5.41) is 13.9. The van der Waals surface area contributed by atoms with Crippen molar-refractivity contribution in [3.8, 4) is 0 Å². The predicted octanol–water partition coefficient (Wildman–Crippen LogP) is 3.96. The van der Waals surface area contributed by atoms with Gasteiger partial charge in [0.05, 0.1) is 10.5 Å². The maximum atomic E-state index is 13.9. The Morgan fingerprint density at radius 2 is 1.96 bits per heavy atom. The van der Waals surface area contributed by atoms with Crippen LogP contribution < -0.4 is 5.32 Å². The van der Waals surface area contributed by atoms with Crippen molar-refractivity contribution in [2.24, 2.45) is 0 Å². The minimum atomic E-state index is -0.555. The van der Waals surface area contributed by atoms with Gasteiger partial charge in [-0.05, 0) is 39.1 Å². The molecule has 0 aliphatic carbocycles. The molecule has 0 unspecified atom stereocenters. The first kappa shape index (κ1) is 20.9. The van der Waals surface area contributed by atoms with Gasteiger partial charge in [0.1, 0.15) is 5.82 Å². The monoisotopic (exact) mass is 391 g/mol. The minimum Gasteiger partial charge on any atom is -0.351 e. The number of likely N-dealkylation sites (N-methyl/N-ethyl adjacent to an activating group) is 1. The van der Waals surface area contributed by atoms with Gasteiger partial charge in [-0.25, -0.2) is 4.39 Å². The van der Waals surface area contributed by atoms with Crippen LogP contribution in [0.5, 0.6) is 0 Å². The number of halogens is 1. The highest BCUT2D eigenvalue weighted by atomic mass is 32.2. The van der Waals surface area contributed by atoms with E-state index in [2.05, 4.69) is 10.2 Å². The first-order valence-electron chi connectivity index (χ1n) is 8.49. The number of nitro benzene ring substituents is 1. The lowest BCUT2D eigenvalue weighted by Gasteiger charge is -2.21. The van der Waals surface area contributed by atoms with Crippen LogP contribution >= 0.6 is 11.8 Å². The SMILES string of the molecule is CC(C)N(C)CCNC(=O)c1cc([N+](=O)[O-])ccc1Sc1ccccc1F. The van der Waals surface area contributed by atoms with E-state index in [0.29, 0.717) is 28.9 Å². The van der Waals surface area contributed by atoms with Gasteiger partial charge in [0.25, 0.3) is 11.6 Å². The lowest BCUT2D eigenvalue weighted by Crippen LogP contribution is -2.36. The van der Waals surface area contributed by atoms with E-state index in [4.69, 9.17) is 0 Å². The molecule has 0 spiro atoms. The molecule has 0 atom stereocenters. The molecule has 0 bridgehead atoms. The number of rotatable bonds is 8. The summed E-state index contributed by atoms with van der Waals surface area (Å²) in [5.41, 5.74) is -0.0259. The summed E-state index contributed by atoms with van der Waals surface area (Å²) in [6.07, 6.45) is 0. The summed E-state index contributed by atoms with van der Waals surface area (Å²) < 4.78 is 13.9. The zero-order chi connectivity index (χ0) is 20.0. The van der Waals surface area contributed by atoms with Crippen molar-refractivity contribution in [3.63, 3.8) is 0 Å². The van der Waals surface area contributed by atoms with Crippen LogP contribution in [0, 0.1) is 15.9 Å². The second-order valence-corrected chi connectivity index (χ2v) is 7.38. The van der Waals surface area contributed by atoms with Crippen LogP contribution in [-0.2, 0) is 0 Å². The Morgan fingerprint density at radius 1 is 1.26 bits per heavy atom. The van der Waals surface area contributed by atoms with E-state index >= 15 is 0 Å². The highest BCUT2D eigenvalue weighted by Crippen LogP contribution is 2.34. The van der Waals surface area contributed by atoms with Crippen LogP contribution in [0.25, 0.3) is 0 Å². The number of carbonyl (C=O) groups is 1. The number of non-ortho nitro benzene ring substituents is 1. The molecule has 0 aromatic heterocycles. The second kappa shape index (κ2) is 9.48. The topological polar surface area (TPSA) is 75.5 Å². The maximum Gasteiger partial charge on any atom is 0.270 e. The molecule has 0 aliphatic rings. The van der Waals surface area contributed by atoms with Gasteiger partial charge in [0.15, 0.2) is 0 Å². The Balaban J connectivity index is 2.23. The van der Waals surface area contributed by atoms with Gasteiger partial charge in [0.2, 0.25) is 0 Å². The van der Waals surface area contributed by atoms with Crippen molar-refractivity contribution in [3.05, 3.63) is 64.0 Å². The predicted molar refractivity (Wildman–Crippen MR) is 104 cm³/mol. The van der Waals surface area contributed by atoms with Crippen LogP contribution in [0.15, 0.2) is 52.3 Å². The average molecular weight is 391 g/mol. The molecular weight excluding hydrogens is 369 g/mol. The summed E-state index contributed by atoms with van der Waals surface area (Å²) in [7, 11) is 1.95. The van der Waals surface area contributed by atoms with E-state index < -0.39 is 16.6 Å². The molecule has 0 aliphatic heterocycles. The molecule has 0 saturated carbocycles. The molecule has 2 aromatic carbocycles. The highest BCUT2D eigenvalue weighted by molar-refractivity contribution is 7.99. The summed E-state index contributed by atoms with van der Waals surface area (Å²) in [5.74, 6) is -0.833. The number of carbonyl (C=O) groups excluding carboxylic acids is 1. The molecule has 0 heterocycles. The molecule has 1 amide bonds. The van der Waals surface area contributed by atoms with Crippen LogP contribution in [0.3, 0.4) is 0 Å². The van der Waals surface area contributed by atoms with Gasteiger partial charge in [-0.3, -0.25) is 14.9 Å². The molecule has 0 saturated heterocycles. The molecule has 1 N–H and O–H groups in total. The molecule has 144 valence electrons. The summed E-state index contributed by atoms with van der Waals surface area (Å²) in [6, 6.07) is 10.6. The van der Waals surface area contributed by atoms with Gasteiger partial charge in [-0.2, -0.15) is 0 Å². The van der Waals surface area contributed by atoms with Crippen LogP contribution in [0.2, 0.25) is 0 Å². The molecule has 6 nitrogen and oxygen atoms in total. The maximum absolute atomic E-state index is 13.9. The third-order valence-corrected chi connectivity index (χ3v) is 5.23. The van der Waals surface area contributed by atoms with Crippen molar-refractivity contribution in [2.45, 2.75) is 29.7 Å². The number of hydrogen-bond donors (Lipinski definition) is 1. The zero-order valence-electron chi connectivity index (χ0n) is 15.4. The first-order chi connectivity index (χ1) is 12.8. The Morgan fingerprint density at radius 3 is 2.59 bits per heavy atom. The Bertz CT molecular complexity index is 830. The Labute approximate surface area is 161 Å². The van der Waals surface area contributed by atoms with E-state index in [1.807, 2.05) is 20.9 Å². The molecule has 2 aromatic rings. The molecule has 2 rings (SSSR count). The second-order valence-electron chi connectivity index (χ2n) is 6.30. The van der Waals surface area contributed by atoms with E-state index in [9.17, 15) is 19.3 Å².